The molecule has 1 aliphatic rings. The molecule has 1 aliphatic heterocycles. The highest BCUT2D eigenvalue weighted by Gasteiger charge is 2.28. The summed E-state index contributed by atoms with van der Waals surface area (Å²) >= 11 is 0. The molecule has 1 amide bonds. The van der Waals surface area contributed by atoms with Gasteiger partial charge in [0.05, 0.1) is 21.4 Å². The molecule has 10 heteroatoms. The maximum atomic E-state index is 12.6. The molecule has 8 nitrogen and oxygen atoms in total. The fourth-order valence-corrected chi connectivity index (χ4v) is 5.47. The predicted molar refractivity (Wildman–Crippen MR) is 100 cm³/mol. The van der Waals surface area contributed by atoms with Crippen LogP contribution in [0.2, 0.25) is 0 Å². The van der Waals surface area contributed by atoms with Gasteiger partial charge in [0.25, 0.3) is 15.9 Å². The molecule has 28 heavy (non-hydrogen) atoms. The van der Waals surface area contributed by atoms with Gasteiger partial charge < -0.3 is 0 Å². The lowest BCUT2D eigenvalue weighted by Crippen LogP contribution is -2.31. The Morgan fingerprint density at radius 2 is 1.57 bits per heavy atom. The Morgan fingerprint density at radius 3 is 2.18 bits per heavy atom. The standard InChI is InChI=1S/C18H17N3O5S2/c19-13-14-6-8-15(9-7-14)18(22)20-27(23,24)16-4-3-5-17(12-16)28(25,26)21-10-1-2-11-21/h3-9,12H,1-2,10-11H2,(H,20,22). The minimum atomic E-state index is -4.28. The Labute approximate surface area is 163 Å². The minimum absolute atomic E-state index is 0.0587. The lowest BCUT2D eigenvalue weighted by atomic mass is 10.1. The molecule has 1 N–H and O–H groups in total. The number of sulfonamides is 2. The summed E-state index contributed by atoms with van der Waals surface area (Å²) in [5.74, 6) is -0.878. The first-order valence-electron chi connectivity index (χ1n) is 8.41. The Hall–Kier alpha value is -2.74. The molecule has 0 unspecified atom stereocenters. The van der Waals surface area contributed by atoms with E-state index in [0.29, 0.717) is 18.7 Å². The van der Waals surface area contributed by atoms with E-state index in [2.05, 4.69) is 0 Å². The first kappa shape index (κ1) is 20.0. The lowest BCUT2D eigenvalue weighted by molar-refractivity contribution is 0.0981. The summed E-state index contributed by atoms with van der Waals surface area (Å²) in [6.07, 6.45) is 1.52. The fourth-order valence-electron chi connectivity index (χ4n) is 2.82. The summed E-state index contributed by atoms with van der Waals surface area (Å²) in [7, 11) is -8.06. The highest BCUT2D eigenvalue weighted by atomic mass is 32.2. The molecule has 3 rings (SSSR count). The van der Waals surface area contributed by atoms with Gasteiger partial charge in [0.15, 0.2) is 0 Å². The van der Waals surface area contributed by atoms with Gasteiger partial charge in [-0.25, -0.2) is 21.6 Å². The summed E-state index contributed by atoms with van der Waals surface area (Å²) in [6.45, 7) is 0.795. The van der Waals surface area contributed by atoms with E-state index in [1.807, 2.05) is 10.8 Å². The maximum absolute atomic E-state index is 12.6. The molecular formula is C18H17N3O5S2. The summed E-state index contributed by atoms with van der Waals surface area (Å²) in [5, 5.41) is 8.77. The van der Waals surface area contributed by atoms with Crippen LogP contribution in [0.5, 0.6) is 0 Å². The van der Waals surface area contributed by atoms with Crippen molar-refractivity contribution in [3.8, 4) is 6.07 Å². The van der Waals surface area contributed by atoms with E-state index < -0.39 is 26.0 Å². The molecule has 1 fully saturated rings. The number of rotatable bonds is 5. The zero-order valence-electron chi connectivity index (χ0n) is 14.7. The Bertz CT molecular complexity index is 1140. The van der Waals surface area contributed by atoms with E-state index in [1.165, 1.54) is 46.8 Å². The Morgan fingerprint density at radius 1 is 0.964 bits per heavy atom. The Balaban J connectivity index is 1.85. The smallest absolute Gasteiger partial charge is 0.264 e. The van der Waals surface area contributed by atoms with Crippen molar-refractivity contribution in [2.24, 2.45) is 0 Å². The molecule has 2 aromatic carbocycles. The van der Waals surface area contributed by atoms with E-state index >= 15 is 0 Å². The average Bonchev–Trinajstić information content (AvgIpc) is 3.23. The minimum Gasteiger partial charge on any atom is -0.268 e. The lowest BCUT2D eigenvalue weighted by Gasteiger charge is -2.16. The van der Waals surface area contributed by atoms with Gasteiger partial charge in [-0.05, 0) is 55.3 Å². The number of nitrogens with one attached hydrogen (secondary N) is 1. The molecule has 0 saturated carbocycles. The van der Waals surface area contributed by atoms with Crippen LogP contribution in [0, 0.1) is 11.3 Å². The van der Waals surface area contributed by atoms with Crippen molar-refractivity contribution in [1.82, 2.24) is 9.03 Å². The number of carbonyl (C=O) groups excluding carboxylic acids is 1. The Kier molecular flexibility index (Phi) is 5.51. The van der Waals surface area contributed by atoms with Gasteiger partial charge in [-0.1, -0.05) is 6.07 Å². The predicted octanol–water partition coefficient (Wildman–Crippen LogP) is 1.46. The highest BCUT2D eigenvalue weighted by molar-refractivity contribution is 7.90. The van der Waals surface area contributed by atoms with Gasteiger partial charge in [0.2, 0.25) is 10.0 Å². The number of nitriles is 1. The normalized spacial score (nSPS) is 15.1. The molecular weight excluding hydrogens is 402 g/mol. The van der Waals surface area contributed by atoms with Crippen LogP contribution in [-0.2, 0) is 20.0 Å². The highest BCUT2D eigenvalue weighted by Crippen LogP contribution is 2.23. The molecule has 0 aliphatic carbocycles. The van der Waals surface area contributed by atoms with Crippen molar-refractivity contribution in [1.29, 1.82) is 5.26 Å². The fraction of sp³-hybridized carbons (Fsp3) is 0.222. The summed E-state index contributed by atoms with van der Waals surface area (Å²) in [6, 6.07) is 12.3. The van der Waals surface area contributed by atoms with Gasteiger partial charge in [0, 0.05) is 18.7 Å². The van der Waals surface area contributed by atoms with E-state index in [1.54, 1.807) is 0 Å². The molecule has 0 bridgehead atoms. The van der Waals surface area contributed by atoms with E-state index in [9.17, 15) is 21.6 Å². The monoisotopic (exact) mass is 419 g/mol. The largest absolute Gasteiger partial charge is 0.268 e. The van der Waals surface area contributed by atoms with Crippen LogP contribution in [0.25, 0.3) is 0 Å². The third-order valence-electron chi connectivity index (χ3n) is 4.32. The number of nitrogens with zero attached hydrogens (tertiary/aromatic N) is 2. The SMILES string of the molecule is N#Cc1ccc(C(=O)NS(=O)(=O)c2cccc(S(=O)(=O)N3CCCC3)c2)cc1. The third kappa shape index (κ3) is 4.06. The van der Waals surface area contributed by atoms with Crippen molar-refractivity contribution in [2.45, 2.75) is 22.6 Å². The molecule has 0 aromatic heterocycles. The quantitative estimate of drug-likeness (QED) is 0.782. The average molecular weight is 419 g/mol. The zero-order chi connectivity index (χ0) is 20.4. The molecule has 0 radical (unpaired) electrons. The second-order valence-corrected chi connectivity index (χ2v) is 9.83. The van der Waals surface area contributed by atoms with Gasteiger partial charge in [0.1, 0.15) is 0 Å². The van der Waals surface area contributed by atoms with Crippen LogP contribution >= 0.6 is 0 Å². The maximum Gasteiger partial charge on any atom is 0.264 e. The number of carbonyl (C=O) groups is 1. The zero-order valence-corrected chi connectivity index (χ0v) is 16.3. The summed E-state index contributed by atoms with van der Waals surface area (Å²) in [5.41, 5.74) is 0.391. The van der Waals surface area contributed by atoms with Crippen molar-refractivity contribution in [3.63, 3.8) is 0 Å². The van der Waals surface area contributed by atoms with Gasteiger partial charge >= 0.3 is 0 Å². The van der Waals surface area contributed by atoms with Crippen molar-refractivity contribution in [3.05, 3.63) is 59.7 Å². The molecule has 2 aromatic rings. The van der Waals surface area contributed by atoms with E-state index in [-0.39, 0.29) is 15.4 Å². The van der Waals surface area contributed by atoms with Gasteiger partial charge in [-0.2, -0.15) is 9.57 Å². The van der Waals surface area contributed by atoms with Crippen LogP contribution < -0.4 is 4.72 Å². The number of hydrogen-bond acceptors (Lipinski definition) is 6. The second-order valence-electron chi connectivity index (χ2n) is 6.21. The third-order valence-corrected chi connectivity index (χ3v) is 7.55. The van der Waals surface area contributed by atoms with Crippen LogP contribution in [0.4, 0.5) is 0 Å². The summed E-state index contributed by atoms with van der Waals surface area (Å²) in [4.78, 5) is 11.8. The van der Waals surface area contributed by atoms with E-state index in [4.69, 9.17) is 5.26 Å². The van der Waals surface area contributed by atoms with Crippen LogP contribution in [0.3, 0.4) is 0 Å². The second kappa shape index (κ2) is 7.71. The molecule has 0 spiro atoms. The van der Waals surface area contributed by atoms with Crippen molar-refractivity contribution < 1.29 is 21.6 Å². The first-order chi connectivity index (χ1) is 13.2. The number of amides is 1. The van der Waals surface area contributed by atoms with Crippen molar-refractivity contribution >= 4 is 26.0 Å². The van der Waals surface area contributed by atoms with E-state index in [0.717, 1.165) is 18.9 Å². The van der Waals surface area contributed by atoms with Crippen LogP contribution in [0.1, 0.15) is 28.8 Å². The molecule has 0 atom stereocenters. The molecule has 1 saturated heterocycles. The van der Waals surface area contributed by atoms with Gasteiger partial charge in [-0.15, -0.1) is 0 Å². The van der Waals surface area contributed by atoms with Crippen LogP contribution in [-0.4, -0.2) is 40.1 Å². The number of benzene rings is 2. The summed E-state index contributed by atoms with van der Waals surface area (Å²) < 4.78 is 53.6. The van der Waals surface area contributed by atoms with Crippen molar-refractivity contribution in [2.75, 3.05) is 13.1 Å². The molecule has 146 valence electrons. The van der Waals surface area contributed by atoms with Crippen LogP contribution in [0.15, 0.2) is 58.3 Å². The topological polar surface area (TPSA) is 124 Å². The first-order valence-corrected chi connectivity index (χ1v) is 11.3. The molecule has 1 heterocycles. The number of hydrogen-bond donors (Lipinski definition) is 1. The van der Waals surface area contributed by atoms with Gasteiger partial charge in [-0.3, -0.25) is 4.79 Å².